The summed E-state index contributed by atoms with van der Waals surface area (Å²) in [5.74, 6) is -0.191. The van der Waals surface area contributed by atoms with E-state index in [1.807, 2.05) is 48.5 Å². The van der Waals surface area contributed by atoms with Crippen molar-refractivity contribution in [1.82, 2.24) is 19.5 Å². The first-order valence-corrected chi connectivity index (χ1v) is 13.6. The summed E-state index contributed by atoms with van der Waals surface area (Å²) in [5, 5.41) is 2.90. The van der Waals surface area contributed by atoms with Crippen molar-refractivity contribution in [2.45, 2.75) is 25.6 Å². The lowest BCUT2D eigenvalue weighted by Gasteiger charge is -2.32. The zero-order valence-corrected chi connectivity index (χ0v) is 22.0. The molecule has 0 saturated heterocycles. The second kappa shape index (κ2) is 13.0. The van der Waals surface area contributed by atoms with E-state index in [1.54, 1.807) is 37.6 Å². The maximum absolute atomic E-state index is 13.6. The molecule has 0 bridgehead atoms. The molecule has 2 amide bonds. The first kappa shape index (κ1) is 27.8. The fraction of sp³-hybridized carbons (Fsp3) is 0.296. The molecule has 9 nitrogen and oxygen atoms in total. The molecule has 0 aliphatic heterocycles. The van der Waals surface area contributed by atoms with Gasteiger partial charge in [-0.05, 0) is 35.4 Å². The van der Waals surface area contributed by atoms with Crippen LogP contribution in [0.4, 0.5) is 0 Å². The number of ether oxygens (including phenoxy) is 1. The predicted octanol–water partition coefficient (Wildman–Crippen LogP) is 2.24. The van der Waals surface area contributed by atoms with Crippen LogP contribution in [0.1, 0.15) is 16.8 Å². The van der Waals surface area contributed by atoms with Crippen LogP contribution in [0.2, 0.25) is 0 Å². The molecular weight excluding hydrogens is 492 g/mol. The molecule has 0 fully saturated rings. The van der Waals surface area contributed by atoms with Crippen molar-refractivity contribution in [3.63, 3.8) is 0 Å². The minimum absolute atomic E-state index is 0.106. The fourth-order valence-corrected chi connectivity index (χ4v) is 4.02. The smallest absolute Gasteiger partial charge is 0.243 e. The maximum atomic E-state index is 13.6. The van der Waals surface area contributed by atoms with Crippen molar-refractivity contribution in [2.24, 2.45) is 0 Å². The summed E-state index contributed by atoms with van der Waals surface area (Å²) >= 11 is 0. The van der Waals surface area contributed by atoms with Gasteiger partial charge in [0.1, 0.15) is 11.8 Å². The van der Waals surface area contributed by atoms with E-state index in [1.165, 1.54) is 11.9 Å². The lowest BCUT2D eigenvalue weighted by atomic mass is 10.0. The van der Waals surface area contributed by atoms with Gasteiger partial charge in [0, 0.05) is 26.2 Å². The molecular formula is C27H32N4O5S. The van der Waals surface area contributed by atoms with Crippen molar-refractivity contribution >= 4 is 21.8 Å². The number of aromatic nitrogens is 1. The van der Waals surface area contributed by atoms with E-state index in [0.717, 1.165) is 21.7 Å². The fourth-order valence-electron chi connectivity index (χ4n) is 3.68. The summed E-state index contributed by atoms with van der Waals surface area (Å²) in [6, 6.07) is 21.1. The number of hydrogen-bond donors (Lipinski definition) is 1. The maximum Gasteiger partial charge on any atom is 0.243 e. The number of nitrogens with one attached hydrogen (secondary N) is 1. The molecule has 10 heteroatoms. The van der Waals surface area contributed by atoms with Crippen molar-refractivity contribution in [3.05, 3.63) is 95.8 Å². The van der Waals surface area contributed by atoms with E-state index in [4.69, 9.17) is 4.74 Å². The number of pyridine rings is 1. The Balaban J connectivity index is 1.94. The third-order valence-corrected chi connectivity index (χ3v) is 7.14. The Bertz CT molecular complexity index is 1270. The zero-order valence-electron chi connectivity index (χ0n) is 21.2. The molecule has 0 spiro atoms. The van der Waals surface area contributed by atoms with Gasteiger partial charge in [0.15, 0.2) is 0 Å². The van der Waals surface area contributed by atoms with Crippen LogP contribution in [0, 0.1) is 0 Å². The van der Waals surface area contributed by atoms with E-state index in [2.05, 4.69) is 10.3 Å². The van der Waals surface area contributed by atoms with E-state index in [9.17, 15) is 18.0 Å². The molecule has 0 radical (unpaired) electrons. The molecule has 1 atom stereocenters. The molecule has 3 rings (SSSR count). The van der Waals surface area contributed by atoms with Gasteiger partial charge in [0.25, 0.3) is 0 Å². The van der Waals surface area contributed by atoms with E-state index >= 15 is 0 Å². The summed E-state index contributed by atoms with van der Waals surface area (Å²) in [6.07, 6.45) is 2.93. The lowest BCUT2D eigenvalue weighted by molar-refractivity contribution is -0.141. The van der Waals surface area contributed by atoms with Gasteiger partial charge in [-0.15, -0.1) is 0 Å². The Labute approximate surface area is 218 Å². The average molecular weight is 525 g/mol. The topological polar surface area (TPSA) is 109 Å². The van der Waals surface area contributed by atoms with Crippen molar-refractivity contribution in [2.75, 3.05) is 27.0 Å². The molecule has 1 aromatic heterocycles. The second-order valence-corrected chi connectivity index (χ2v) is 10.7. The number of benzene rings is 2. The summed E-state index contributed by atoms with van der Waals surface area (Å²) < 4.78 is 30.3. The molecule has 0 aliphatic carbocycles. The van der Waals surface area contributed by atoms with Gasteiger partial charge in [-0.25, -0.2) is 8.42 Å². The standard InChI is InChI=1S/C27H32N4O5S/c1-30(37(3,34)35)20-26(32)31(19-22-12-14-24(36-2)15-13-22)25(17-21-9-5-4-6-10-21)27(33)29-18-23-11-7-8-16-28-23/h4-16,25H,17-20H2,1-3H3,(H,29,33). The minimum Gasteiger partial charge on any atom is -0.497 e. The van der Waals surface area contributed by atoms with Crippen LogP contribution in [-0.4, -0.2) is 67.4 Å². The highest BCUT2D eigenvalue weighted by molar-refractivity contribution is 7.88. The minimum atomic E-state index is -3.60. The number of likely N-dealkylation sites (N-methyl/N-ethyl adjacent to an activating group) is 1. The average Bonchev–Trinajstić information content (AvgIpc) is 2.90. The van der Waals surface area contributed by atoms with Crippen molar-refractivity contribution in [1.29, 1.82) is 0 Å². The highest BCUT2D eigenvalue weighted by Gasteiger charge is 2.32. The van der Waals surface area contributed by atoms with E-state index in [-0.39, 0.29) is 25.4 Å². The Hall–Kier alpha value is -3.76. The van der Waals surface area contributed by atoms with Crippen LogP contribution in [0.3, 0.4) is 0 Å². The van der Waals surface area contributed by atoms with E-state index < -0.39 is 28.5 Å². The van der Waals surface area contributed by atoms with Crippen LogP contribution in [0.5, 0.6) is 5.75 Å². The number of sulfonamides is 1. The molecule has 0 saturated carbocycles. The van der Waals surface area contributed by atoms with Gasteiger partial charge in [-0.1, -0.05) is 48.5 Å². The number of carbonyl (C=O) groups is 2. The summed E-state index contributed by atoms with van der Waals surface area (Å²) in [7, 11) is -0.701. The Kier molecular flexibility index (Phi) is 9.76. The normalized spacial score (nSPS) is 12.1. The first-order chi connectivity index (χ1) is 17.7. The van der Waals surface area contributed by atoms with Gasteiger partial charge >= 0.3 is 0 Å². The van der Waals surface area contributed by atoms with Crippen LogP contribution in [-0.2, 0) is 39.1 Å². The Morgan fingerprint density at radius 1 is 0.973 bits per heavy atom. The van der Waals surface area contributed by atoms with E-state index in [0.29, 0.717) is 11.4 Å². The largest absolute Gasteiger partial charge is 0.497 e. The van der Waals surface area contributed by atoms with Crippen molar-refractivity contribution in [3.8, 4) is 5.75 Å². The number of hydrogen-bond acceptors (Lipinski definition) is 6. The summed E-state index contributed by atoms with van der Waals surface area (Å²) in [5.41, 5.74) is 2.32. The van der Waals surface area contributed by atoms with Gasteiger partial charge in [0.2, 0.25) is 21.8 Å². The van der Waals surface area contributed by atoms with Crippen LogP contribution >= 0.6 is 0 Å². The third kappa shape index (κ3) is 8.40. The Morgan fingerprint density at radius 2 is 1.65 bits per heavy atom. The van der Waals surface area contributed by atoms with Crippen LogP contribution < -0.4 is 10.1 Å². The molecule has 0 aliphatic rings. The molecule has 1 heterocycles. The summed E-state index contributed by atoms with van der Waals surface area (Å²) in [4.78, 5) is 32.8. The molecule has 1 N–H and O–H groups in total. The predicted molar refractivity (Wildman–Crippen MR) is 141 cm³/mol. The quantitative estimate of drug-likeness (QED) is 0.389. The van der Waals surface area contributed by atoms with Crippen LogP contribution in [0.25, 0.3) is 0 Å². The van der Waals surface area contributed by atoms with Crippen LogP contribution in [0.15, 0.2) is 79.0 Å². The summed E-state index contributed by atoms with van der Waals surface area (Å²) in [6.45, 7) is -0.0957. The SMILES string of the molecule is COc1ccc(CN(C(=O)CN(C)S(C)(=O)=O)C(Cc2ccccc2)C(=O)NCc2ccccn2)cc1. The molecule has 3 aromatic rings. The zero-order chi connectivity index (χ0) is 26.8. The molecule has 2 aromatic carbocycles. The number of nitrogens with zero attached hydrogens (tertiary/aromatic N) is 3. The van der Waals surface area contributed by atoms with Gasteiger partial charge in [0.05, 0.1) is 32.1 Å². The molecule has 1 unspecified atom stereocenters. The first-order valence-electron chi connectivity index (χ1n) is 11.7. The molecule has 196 valence electrons. The van der Waals surface area contributed by atoms with Gasteiger partial charge in [-0.3, -0.25) is 14.6 Å². The number of methoxy groups -OCH3 is 1. The third-order valence-electron chi connectivity index (χ3n) is 5.88. The number of carbonyl (C=O) groups excluding carboxylic acids is 2. The second-order valence-electron chi connectivity index (χ2n) is 8.63. The number of rotatable bonds is 12. The Morgan fingerprint density at radius 3 is 2.24 bits per heavy atom. The van der Waals surface area contributed by atoms with Gasteiger partial charge in [-0.2, -0.15) is 4.31 Å². The number of amides is 2. The van der Waals surface area contributed by atoms with Gasteiger partial charge < -0.3 is 15.0 Å². The molecule has 37 heavy (non-hydrogen) atoms. The highest BCUT2D eigenvalue weighted by atomic mass is 32.2. The highest BCUT2D eigenvalue weighted by Crippen LogP contribution is 2.18. The van der Waals surface area contributed by atoms with Crippen molar-refractivity contribution < 1.29 is 22.7 Å². The monoisotopic (exact) mass is 524 g/mol. The lowest BCUT2D eigenvalue weighted by Crippen LogP contribution is -2.52.